The van der Waals surface area contributed by atoms with E-state index < -0.39 is 5.60 Å². The number of esters is 1. The van der Waals surface area contributed by atoms with Gasteiger partial charge in [-0.25, -0.2) is 0 Å². The van der Waals surface area contributed by atoms with Gasteiger partial charge in [0.25, 0.3) is 0 Å². The average molecular weight is 283 g/mol. The first-order chi connectivity index (χ1) is 8.78. The third-order valence-electron chi connectivity index (χ3n) is 2.92. The van der Waals surface area contributed by atoms with E-state index in [0.717, 1.165) is 13.0 Å². The highest BCUT2D eigenvalue weighted by Crippen LogP contribution is 2.14. The smallest absolute Gasteiger partial charge is 0.307 e. The number of ether oxygens (including phenoxy) is 1. The third kappa shape index (κ3) is 6.73. The molecule has 0 aromatic carbocycles. The van der Waals surface area contributed by atoms with Crippen LogP contribution in [-0.4, -0.2) is 36.1 Å². The molecule has 0 aliphatic carbocycles. The minimum atomic E-state index is -0.391. The van der Waals surface area contributed by atoms with Crippen LogP contribution in [0.15, 0.2) is 17.5 Å². The molecule has 1 atom stereocenters. The molecule has 4 heteroatoms. The van der Waals surface area contributed by atoms with Gasteiger partial charge < -0.3 is 9.64 Å². The molecule has 1 heterocycles. The van der Waals surface area contributed by atoms with Crippen molar-refractivity contribution in [1.29, 1.82) is 0 Å². The summed E-state index contributed by atoms with van der Waals surface area (Å²) in [6.07, 6.45) is 1.48. The standard InChI is InChI=1S/C15H25NO2S/c1-12(11-13-7-6-10-19-13)16(5)9-8-14(17)18-15(2,3)4/h6-7,10,12H,8-9,11H2,1-5H3. The fourth-order valence-corrected chi connectivity index (χ4v) is 2.58. The van der Waals surface area contributed by atoms with E-state index in [2.05, 4.69) is 36.4 Å². The van der Waals surface area contributed by atoms with E-state index in [1.807, 2.05) is 20.8 Å². The molecule has 1 aromatic rings. The van der Waals surface area contributed by atoms with Crippen molar-refractivity contribution in [2.45, 2.75) is 52.2 Å². The van der Waals surface area contributed by atoms with Gasteiger partial charge in [0.05, 0.1) is 6.42 Å². The van der Waals surface area contributed by atoms with Gasteiger partial charge in [0.15, 0.2) is 0 Å². The first-order valence-corrected chi connectivity index (χ1v) is 7.60. The molecule has 3 nitrogen and oxygen atoms in total. The van der Waals surface area contributed by atoms with E-state index in [1.54, 1.807) is 11.3 Å². The van der Waals surface area contributed by atoms with Crippen molar-refractivity contribution < 1.29 is 9.53 Å². The summed E-state index contributed by atoms with van der Waals surface area (Å²) in [5, 5.41) is 2.10. The number of carbonyl (C=O) groups excluding carboxylic acids is 1. The predicted molar refractivity (Wildman–Crippen MR) is 80.6 cm³/mol. The molecular formula is C15H25NO2S. The fourth-order valence-electron chi connectivity index (χ4n) is 1.76. The van der Waals surface area contributed by atoms with Crippen molar-refractivity contribution in [2.24, 2.45) is 0 Å². The Labute approximate surface area is 120 Å². The molecule has 108 valence electrons. The summed E-state index contributed by atoms with van der Waals surface area (Å²) in [5.74, 6) is -0.123. The van der Waals surface area contributed by atoms with E-state index in [1.165, 1.54) is 4.88 Å². The Kier molecular flexibility index (Phi) is 6.01. The molecule has 1 aromatic heterocycles. The summed E-state index contributed by atoms with van der Waals surface area (Å²) in [6, 6.07) is 4.66. The van der Waals surface area contributed by atoms with Crippen LogP contribution >= 0.6 is 11.3 Å². The highest BCUT2D eigenvalue weighted by molar-refractivity contribution is 7.09. The van der Waals surface area contributed by atoms with Crippen molar-refractivity contribution in [2.75, 3.05) is 13.6 Å². The van der Waals surface area contributed by atoms with Gasteiger partial charge in [0.1, 0.15) is 5.60 Å². The van der Waals surface area contributed by atoms with Crippen LogP contribution in [-0.2, 0) is 16.0 Å². The molecule has 0 fully saturated rings. The zero-order valence-electron chi connectivity index (χ0n) is 12.6. The van der Waals surface area contributed by atoms with Crippen LogP contribution in [0.2, 0.25) is 0 Å². The lowest BCUT2D eigenvalue weighted by atomic mass is 10.1. The summed E-state index contributed by atoms with van der Waals surface area (Å²) in [4.78, 5) is 15.3. The van der Waals surface area contributed by atoms with Crippen molar-refractivity contribution in [3.63, 3.8) is 0 Å². The maximum Gasteiger partial charge on any atom is 0.307 e. The second-order valence-electron chi connectivity index (χ2n) is 5.95. The molecule has 0 N–H and O–H groups in total. The summed E-state index contributed by atoms with van der Waals surface area (Å²) in [6.45, 7) is 8.62. The molecule has 1 unspecified atom stereocenters. The Balaban J connectivity index is 2.30. The van der Waals surface area contributed by atoms with Crippen molar-refractivity contribution in [3.05, 3.63) is 22.4 Å². The molecule has 0 saturated carbocycles. The average Bonchev–Trinajstić information content (AvgIpc) is 2.76. The lowest BCUT2D eigenvalue weighted by Gasteiger charge is -2.25. The van der Waals surface area contributed by atoms with Gasteiger partial charge in [-0.3, -0.25) is 4.79 Å². The summed E-state index contributed by atoms with van der Waals surface area (Å²) in [5.41, 5.74) is -0.391. The van der Waals surface area contributed by atoms with Crippen LogP contribution in [0.3, 0.4) is 0 Å². The molecule has 0 aliphatic heterocycles. The normalized spacial score (nSPS) is 13.6. The number of hydrogen-bond donors (Lipinski definition) is 0. The molecule has 0 saturated heterocycles. The highest BCUT2D eigenvalue weighted by Gasteiger charge is 2.17. The van der Waals surface area contributed by atoms with E-state index in [4.69, 9.17) is 4.74 Å². The molecular weight excluding hydrogens is 258 g/mol. The monoisotopic (exact) mass is 283 g/mol. The van der Waals surface area contributed by atoms with Crippen molar-refractivity contribution in [1.82, 2.24) is 4.90 Å². The molecule has 0 bridgehead atoms. The topological polar surface area (TPSA) is 29.5 Å². The second-order valence-corrected chi connectivity index (χ2v) is 6.98. The quantitative estimate of drug-likeness (QED) is 0.750. The van der Waals surface area contributed by atoms with E-state index in [0.29, 0.717) is 12.5 Å². The molecule has 0 spiro atoms. The molecule has 0 amide bonds. The minimum absolute atomic E-state index is 0.123. The zero-order chi connectivity index (χ0) is 14.5. The number of carbonyl (C=O) groups is 1. The lowest BCUT2D eigenvalue weighted by Crippen LogP contribution is -2.34. The molecule has 0 radical (unpaired) electrons. The first-order valence-electron chi connectivity index (χ1n) is 6.72. The Bertz CT molecular complexity index is 381. The van der Waals surface area contributed by atoms with Crippen LogP contribution in [0.1, 0.15) is 39.0 Å². The number of hydrogen-bond acceptors (Lipinski definition) is 4. The Hall–Kier alpha value is -0.870. The van der Waals surface area contributed by atoms with Gasteiger partial charge in [-0.1, -0.05) is 6.07 Å². The minimum Gasteiger partial charge on any atom is -0.460 e. The number of likely N-dealkylation sites (N-methyl/N-ethyl adjacent to an activating group) is 1. The van der Waals surface area contributed by atoms with Crippen LogP contribution in [0, 0.1) is 0 Å². The largest absolute Gasteiger partial charge is 0.460 e. The summed E-state index contributed by atoms with van der Waals surface area (Å²) in [7, 11) is 2.06. The van der Waals surface area contributed by atoms with Crippen LogP contribution in [0.5, 0.6) is 0 Å². The predicted octanol–water partition coefficient (Wildman–Crippen LogP) is 3.34. The van der Waals surface area contributed by atoms with Crippen molar-refractivity contribution in [3.8, 4) is 0 Å². The maximum absolute atomic E-state index is 11.7. The number of rotatable bonds is 6. The van der Waals surface area contributed by atoms with Crippen LogP contribution in [0.25, 0.3) is 0 Å². The third-order valence-corrected chi connectivity index (χ3v) is 3.82. The van der Waals surface area contributed by atoms with Gasteiger partial charge in [-0.05, 0) is 52.6 Å². The molecule has 0 aliphatic rings. The van der Waals surface area contributed by atoms with E-state index in [-0.39, 0.29) is 5.97 Å². The number of nitrogens with zero attached hydrogens (tertiary/aromatic N) is 1. The first kappa shape index (κ1) is 16.2. The Morgan fingerprint density at radius 2 is 2.16 bits per heavy atom. The highest BCUT2D eigenvalue weighted by atomic mass is 32.1. The van der Waals surface area contributed by atoms with Gasteiger partial charge in [0.2, 0.25) is 0 Å². The van der Waals surface area contributed by atoms with Gasteiger partial charge in [0, 0.05) is 17.5 Å². The summed E-state index contributed by atoms with van der Waals surface area (Å²) < 4.78 is 5.31. The van der Waals surface area contributed by atoms with E-state index in [9.17, 15) is 4.79 Å². The summed E-state index contributed by atoms with van der Waals surface area (Å²) >= 11 is 1.78. The Morgan fingerprint density at radius 3 is 2.68 bits per heavy atom. The van der Waals surface area contributed by atoms with E-state index >= 15 is 0 Å². The maximum atomic E-state index is 11.7. The van der Waals surface area contributed by atoms with Gasteiger partial charge in [-0.15, -0.1) is 11.3 Å². The fraction of sp³-hybridized carbons (Fsp3) is 0.667. The lowest BCUT2D eigenvalue weighted by molar-refractivity contribution is -0.155. The molecule has 19 heavy (non-hydrogen) atoms. The molecule has 1 rings (SSSR count). The number of thiophene rings is 1. The second kappa shape index (κ2) is 7.06. The van der Waals surface area contributed by atoms with Gasteiger partial charge >= 0.3 is 5.97 Å². The van der Waals surface area contributed by atoms with Gasteiger partial charge in [-0.2, -0.15) is 0 Å². The van der Waals surface area contributed by atoms with Crippen molar-refractivity contribution >= 4 is 17.3 Å². The zero-order valence-corrected chi connectivity index (χ0v) is 13.4. The van der Waals surface area contributed by atoms with Crippen LogP contribution in [0.4, 0.5) is 0 Å². The SMILES string of the molecule is CC(Cc1cccs1)N(C)CCC(=O)OC(C)(C)C. The van der Waals surface area contributed by atoms with Crippen LogP contribution < -0.4 is 0 Å². The Morgan fingerprint density at radius 1 is 1.47 bits per heavy atom.